The summed E-state index contributed by atoms with van der Waals surface area (Å²) in [4.78, 5) is 28.3. The quantitative estimate of drug-likeness (QED) is 0.842. The fourth-order valence-corrected chi connectivity index (χ4v) is 4.16. The van der Waals surface area contributed by atoms with E-state index in [2.05, 4.69) is 10.3 Å². The highest BCUT2D eigenvalue weighted by atomic mass is 32.1. The molecule has 2 bridgehead atoms. The lowest BCUT2D eigenvalue weighted by atomic mass is 9.82. The maximum absolute atomic E-state index is 12.5. The van der Waals surface area contributed by atoms with Crippen molar-refractivity contribution in [2.24, 2.45) is 11.8 Å². The monoisotopic (exact) mass is 330 g/mol. The average Bonchev–Trinajstić information content (AvgIpc) is 3.18. The van der Waals surface area contributed by atoms with Crippen molar-refractivity contribution in [3.63, 3.8) is 0 Å². The third-order valence-corrected chi connectivity index (χ3v) is 5.20. The fraction of sp³-hybridized carbons (Fsp3) is 0.312. The Labute approximate surface area is 135 Å². The Bertz CT molecular complexity index is 844. The molecule has 0 radical (unpaired) electrons. The van der Waals surface area contributed by atoms with Crippen LogP contribution in [-0.2, 0) is 14.3 Å². The number of carbonyl (C=O) groups excluding carboxylic acids is 1. The van der Waals surface area contributed by atoms with E-state index in [4.69, 9.17) is 4.74 Å². The number of aromatic nitrogens is 1. The van der Waals surface area contributed by atoms with E-state index in [-0.39, 0.29) is 5.91 Å². The molecule has 2 N–H and O–H groups in total. The van der Waals surface area contributed by atoms with Crippen LogP contribution in [0.4, 0.5) is 5.13 Å². The minimum absolute atomic E-state index is 0.356. The van der Waals surface area contributed by atoms with E-state index in [0.29, 0.717) is 5.13 Å². The second-order valence-corrected chi connectivity index (χ2v) is 6.85. The third-order valence-electron chi connectivity index (χ3n) is 4.26. The van der Waals surface area contributed by atoms with E-state index >= 15 is 0 Å². The molecule has 3 heterocycles. The number of amides is 1. The van der Waals surface area contributed by atoms with Crippen molar-refractivity contribution in [1.82, 2.24) is 4.98 Å². The Morgan fingerprint density at radius 2 is 2.00 bits per heavy atom. The summed E-state index contributed by atoms with van der Waals surface area (Å²) in [5.74, 6) is -2.94. The van der Waals surface area contributed by atoms with Gasteiger partial charge in [-0.15, -0.1) is 0 Å². The van der Waals surface area contributed by atoms with Crippen molar-refractivity contribution in [3.8, 4) is 0 Å². The molecule has 1 aromatic heterocycles. The first-order chi connectivity index (χ1) is 11.0. The van der Waals surface area contributed by atoms with Gasteiger partial charge in [0, 0.05) is 0 Å². The summed E-state index contributed by atoms with van der Waals surface area (Å²) in [5.41, 5.74) is 1.94. The number of carboxylic acids is 1. The Morgan fingerprint density at radius 3 is 2.74 bits per heavy atom. The van der Waals surface area contributed by atoms with Crippen LogP contribution in [0.5, 0.6) is 0 Å². The number of fused-ring (bicyclic) bond motifs is 3. The van der Waals surface area contributed by atoms with Crippen molar-refractivity contribution < 1.29 is 19.4 Å². The Hall–Kier alpha value is -2.25. The van der Waals surface area contributed by atoms with Crippen LogP contribution in [0.1, 0.15) is 5.56 Å². The zero-order valence-corrected chi connectivity index (χ0v) is 13.0. The minimum Gasteiger partial charge on any atom is -0.481 e. The predicted molar refractivity (Wildman–Crippen MR) is 85.4 cm³/mol. The fourth-order valence-electron chi connectivity index (χ4n) is 3.19. The van der Waals surface area contributed by atoms with Gasteiger partial charge < -0.3 is 15.2 Å². The number of hydrogen-bond acceptors (Lipinski definition) is 5. The summed E-state index contributed by atoms with van der Waals surface area (Å²) in [5, 5.41) is 12.6. The van der Waals surface area contributed by atoms with Gasteiger partial charge in [-0.3, -0.25) is 9.59 Å². The van der Waals surface area contributed by atoms with Crippen LogP contribution in [0.15, 0.2) is 30.4 Å². The molecule has 4 atom stereocenters. The molecular formula is C16H14N2O4S. The van der Waals surface area contributed by atoms with Gasteiger partial charge in [-0.1, -0.05) is 29.6 Å². The molecule has 1 aromatic carbocycles. The first-order valence-corrected chi connectivity index (χ1v) is 8.09. The number of thiazole rings is 1. The number of aliphatic carboxylic acids is 1. The van der Waals surface area contributed by atoms with E-state index in [0.717, 1.165) is 15.8 Å². The van der Waals surface area contributed by atoms with Gasteiger partial charge in [0.1, 0.15) is 5.92 Å². The largest absolute Gasteiger partial charge is 0.481 e. The molecule has 2 aliphatic heterocycles. The molecule has 0 spiro atoms. The molecule has 2 aromatic rings. The number of carboxylic acid groups (broad SMARTS) is 1. The number of nitrogens with zero attached hydrogens (tertiary/aromatic N) is 1. The Kier molecular flexibility index (Phi) is 3.21. The number of nitrogens with one attached hydrogen (secondary N) is 1. The number of ether oxygens (including phenoxy) is 1. The summed E-state index contributed by atoms with van der Waals surface area (Å²) in [6.45, 7) is 1.99. The van der Waals surface area contributed by atoms with Crippen LogP contribution < -0.4 is 5.32 Å². The van der Waals surface area contributed by atoms with Crippen molar-refractivity contribution in [1.29, 1.82) is 0 Å². The molecule has 1 amide bonds. The first kappa shape index (κ1) is 14.3. The van der Waals surface area contributed by atoms with Gasteiger partial charge >= 0.3 is 5.97 Å². The van der Waals surface area contributed by atoms with Gasteiger partial charge in [-0.2, -0.15) is 0 Å². The summed E-state index contributed by atoms with van der Waals surface area (Å²) >= 11 is 1.38. The maximum Gasteiger partial charge on any atom is 0.310 e. The lowest BCUT2D eigenvalue weighted by Crippen LogP contribution is -2.39. The molecule has 2 aliphatic rings. The summed E-state index contributed by atoms with van der Waals surface area (Å²) in [6, 6.07) is 5.87. The van der Waals surface area contributed by atoms with Gasteiger partial charge in [0.05, 0.1) is 28.3 Å². The zero-order valence-electron chi connectivity index (χ0n) is 12.2. The van der Waals surface area contributed by atoms with Gasteiger partial charge in [0.2, 0.25) is 5.91 Å². The number of rotatable bonds is 3. The van der Waals surface area contributed by atoms with E-state index in [1.54, 1.807) is 12.2 Å². The summed E-state index contributed by atoms with van der Waals surface area (Å²) < 4.78 is 6.51. The van der Waals surface area contributed by atoms with Gasteiger partial charge in [-0.25, -0.2) is 4.98 Å². The molecule has 0 aliphatic carbocycles. The molecule has 1 saturated heterocycles. The Morgan fingerprint density at radius 1 is 1.26 bits per heavy atom. The molecular weight excluding hydrogens is 316 g/mol. The minimum atomic E-state index is -1.01. The van der Waals surface area contributed by atoms with E-state index < -0.39 is 30.0 Å². The molecule has 6 nitrogen and oxygen atoms in total. The average molecular weight is 330 g/mol. The standard InChI is InChI=1S/C16H14N2O4S/c1-7-2-3-8-11(6-7)23-16(17-8)18-14(19)12-9-4-5-10(22-9)13(12)15(20)21/h2-6,9-10,12-13H,1H3,(H,20,21)(H,17,18,19). The third kappa shape index (κ3) is 2.32. The van der Waals surface area contributed by atoms with Crippen LogP contribution in [0.2, 0.25) is 0 Å². The SMILES string of the molecule is Cc1ccc2nc(NC(=O)C3C4C=CC(O4)C3C(=O)O)sc2c1. The number of anilines is 1. The maximum atomic E-state index is 12.5. The topological polar surface area (TPSA) is 88.5 Å². The van der Waals surface area contributed by atoms with Crippen molar-refractivity contribution in [2.75, 3.05) is 5.32 Å². The normalized spacial score (nSPS) is 28.4. The molecule has 23 heavy (non-hydrogen) atoms. The van der Waals surface area contributed by atoms with Crippen LogP contribution in [0.25, 0.3) is 10.2 Å². The van der Waals surface area contributed by atoms with Crippen LogP contribution in [-0.4, -0.2) is 34.2 Å². The van der Waals surface area contributed by atoms with Crippen LogP contribution in [0, 0.1) is 18.8 Å². The van der Waals surface area contributed by atoms with Gasteiger partial charge in [0.15, 0.2) is 5.13 Å². The van der Waals surface area contributed by atoms with Gasteiger partial charge in [0.25, 0.3) is 0 Å². The molecule has 118 valence electrons. The number of carbonyl (C=O) groups is 2. The van der Waals surface area contributed by atoms with Crippen LogP contribution >= 0.6 is 11.3 Å². The van der Waals surface area contributed by atoms with E-state index in [1.807, 2.05) is 25.1 Å². The number of hydrogen-bond donors (Lipinski definition) is 2. The molecule has 0 saturated carbocycles. The molecule has 7 heteroatoms. The van der Waals surface area contributed by atoms with Gasteiger partial charge in [-0.05, 0) is 24.6 Å². The Balaban J connectivity index is 1.59. The molecule has 4 rings (SSSR count). The zero-order chi connectivity index (χ0) is 16.1. The second-order valence-electron chi connectivity index (χ2n) is 5.82. The van der Waals surface area contributed by atoms with E-state index in [9.17, 15) is 14.7 Å². The van der Waals surface area contributed by atoms with Crippen LogP contribution in [0.3, 0.4) is 0 Å². The predicted octanol–water partition coefficient (Wildman–Crippen LogP) is 2.20. The highest BCUT2D eigenvalue weighted by molar-refractivity contribution is 7.22. The first-order valence-electron chi connectivity index (χ1n) is 7.27. The highest BCUT2D eigenvalue weighted by Gasteiger charge is 2.53. The number of benzene rings is 1. The van der Waals surface area contributed by atoms with Crippen molar-refractivity contribution in [3.05, 3.63) is 35.9 Å². The molecule has 4 unspecified atom stereocenters. The van der Waals surface area contributed by atoms with Crippen molar-refractivity contribution >= 4 is 38.6 Å². The second kappa shape index (κ2) is 5.14. The lowest BCUT2D eigenvalue weighted by molar-refractivity contribution is -0.145. The lowest BCUT2D eigenvalue weighted by Gasteiger charge is -2.20. The number of aryl methyl sites for hydroxylation is 1. The van der Waals surface area contributed by atoms with Crippen molar-refractivity contribution in [2.45, 2.75) is 19.1 Å². The smallest absolute Gasteiger partial charge is 0.310 e. The molecule has 1 fully saturated rings. The van der Waals surface area contributed by atoms with E-state index in [1.165, 1.54) is 11.3 Å². The summed E-state index contributed by atoms with van der Waals surface area (Å²) in [6.07, 6.45) is 2.48. The summed E-state index contributed by atoms with van der Waals surface area (Å²) in [7, 11) is 0. The highest BCUT2D eigenvalue weighted by Crippen LogP contribution is 2.40.